The molecular formula is C21H25N3O7S. The zero-order valence-corrected chi connectivity index (χ0v) is 18.5. The van der Waals surface area contributed by atoms with Crippen LogP contribution < -0.4 is 9.47 Å². The van der Waals surface area contributed by atoms with Gasteiger partial charge in [0.25, 0.3) is 11.6 Å². The van der Waals surface area contributed by atoms with E-state index < -0.39 is 14.9 Å². The van der Waals surface area contributed by atoms with E-state index in [0.717, 1.165) is 18.2 Å². The van der Waals surface area contributed by atoms with Crippen molar-refractivity contribution in [1.82, 2.24) is 9.21 Å². The standard InChI is InChI=1S/C21H25N3O7S/c1-2-14-30-18-6-8-19(9-7-18)31-16-21(25)22-10-12-23(13-11-22)32(28,29)20-5-3-4-17(15-20)24(26)27/h3-9,15H,2,10-14,16H2,1H3. The average molecular weight is 464 g/mol. The number of non-ortho nitro benzene ring substituents is 1. The molecule has 1 amide bonds. The summed E-state index contributed by atoms with van der Waals surface area (Å²) in [5.41, 5.74) is -0.290. The number of carbonyl (C=O) groups excluding carboxylic acids is 1. The lowest BCUT2D eigenvalue weighted by Gasteiger charge is -2.33. The van der Waals surface area contributed by atoms with Gasteiger partial charge in [0.15, 0.2) is 6.61 Å². The molecule has 0 N–H and O–H groups in total. The van der Waals surface area contributed by atoms with Crippen LogP contribution in [0, 0.1) is 10.1 Å². The summed E-state index contributed by atoms with van der Waals surface area (Å²) in [4.78, 5) is 24.2. The third-order valence-electron chi connectivity index (χ3n) is 4.92. The van der Waals surface area contributed by atoms with Gasteiger partial charge in [-0.05, 0) is 36.8 Å². The molecule has 0 radical (unpaired) electrons. The molecule has 1 aliphatic heterocycles. The molecule has 0 spiro atoms. The highest BCUT2D eigenvalue weighted by Crippen LogP contribution is 2.22. The third kappa shape index (κ3) is 5.74. The molecule has 1 saturated heterocycles. The highest BCUT2D eigenvalue weighted by molar-refractivity contribution is 7.89. The molecule has 3 rings (SSSR count). The number of nitro groups is 1. The number of nitrogens with zero attached hydrogens (tertiary/aromatic N) is 3. The summed E-state index contributed by atoms with van der Waals surface area (Å²) >= 11 is 0. The van der Waals surface area contributed by atoms with Gasteiger partial charge in [0.05, 0.1) is 16.4 Å². The van der Waals surface area contributed by atoms with Crippen LogP contribution in [0.15, 0.2) is 53.4 Å². The SMILES string of the molecule is CCCOc1ccc(OCC(=O)N2CCN(S(=O)(=O)c3cccc([N+](=O)[O-])c3)CC2)cc1. The molecule has 10 nitrogen and oxygen atoms in total. The van der Waals surface area contributed by atoms with Gasteiger partial charge in [-0.15, -0.1) is 0 Å². The zero-order valence-electron chi connectivity index (χ0n) is 17.7. The Hall–Kier alpha value is -3.18. The number of ether oxygens (including phenoxy) is 2. The lowest BCUT2D eigenvalue weighted by molar-refractivity contribution is -0.385. The van der Waals surface area contributed by atoms with Crippen LogP contribution in [-0.2, 0) is 14.8 Å². The largest absolute Gasteiger partial charge is 0.494 e. The Morgan fingerprint density at radius 2 is 1.66 bits per heavy atom. The van der Waals surface area contributed by atoms with Crippen molar-refractivity contribution < 1.29 is 27.6 Å². The first kappa shape index (κ1) is 23.5. The first-order chi connectivity index (χ1) is 15.3. The Morgan fingerprint density at radius 1 is 1.03 bits per heavy atom. The Bertz CT molecular complexity index is 1050. The van der Waals surface area contributed by atoms with Crippen LogP contribution in [0.1, 0.15) is 13.3 Å². The average Bonchev–Trinajstić information content (AvgIpc) is 2.82. The van der Waals surface area contributed by atoms with E-state index in [0.29, 0.717) is 12.4 Å². The van der Waals surface area contributed by atoms with Crippen LogP contribution in [0.2, 0.25) is 0 Å². The fraction of sp³-hybridized carbons (Fsp3) is 0.381. The minimum atomic E-state index is -3.89. The quantitative estimate of drug-likeness (QED) is 0.413. The van der Waals surface area contributed by atoms with Crippen molar-refractivity contribution in [3.63, 3.8) is 0 Å². The zero-order chi connectivity index (χ0) is 23.1. The smallest absolute Gasteiger partial charge is 0.270 e. The van der Waals surface area contributed by atoms with Crippen LogP contribution in [0.25, 0.3) is 0 Å². The number of amides is 1. The second kappa shape index (κ2) is 10.4. The number of nitro benzene ring substituents is 1. The Balaban J connectivity index is 1.52. The van der Waals surface area contributed by atoms with Gasteiger partial charge in [-0.1, -0.05) is 13.0 Å². The number of sulfonamides is 1. The van der Waals surface area contributed by atoms with Crippen molar-refractivity contribution >= 4 is 21.6 Å². The van der Waals surface area contributed by atoms with Crippen LogP contribution in [0.4, 0.5) is 5.69 Å². The second-order valence-corrected chi connectivity index (χ2v) is 9.09. The van der Waals surface area contributed by atoms with Crippen LogP contribution in [-0.4, -0.2) is 67.8 Å². The van der Waals surface area contributed by atoms with Gasteiger partial charge in [0, 0.05) is 38.3 Å². The molecule has 0 unspecified atom stereocenters. The maximum atomic E-state index is 12.8. The summed E-state index contributed by atoms with van der Waals surface area (Å²) in [6.45, 7) is 3.10. The molecule has 1 fully saturated rings. The number of hydrogen-bond acceptors (Lipinski definition) is 7. The Labute approximate surface area is 186 Å². The first-order valence-corrected chi connectivity index (χ1v) is 11.6. The minimum Gasteiger partial charge on any atom is -0.494 e. The molecule has 11 heteroatoms. The van der Waals surface area contributed by atoms with Crippen LogP contribution in [0.3, 0.4) is 0 Å². The van der Waals surface area contributed by atoms with E-state index in [1.54, 1.807) is 24.3 Å². The van der Waals surface area contributed by atoms with Gasteiger partial charge in [0.2, 0.25) is 10.0 Å². The molecule has 32 heavy (non-hydrogen) atoms. The van der Waals surface area contributed by atoms with E-state index in [4.69, 9.17) is 9.47 Å². The van der Waals surface area contributed by atoms with Gasteiger partial charge in [-0.2, -0.15) is 4.31 Å². The molecule has 0 atom stereocenters. The van der Waals surface area contributed by atoms with Crippen LogP contribution in [0.5, 0.6) is 11.5 Å². The van der Waals surface area contributed by atoms with Crippen molar-refractivity contribution in [2.24, 2.45) is 0 Å². The highest BCUT2D eigenvalue weighted by Gasteiger charge is 2.31. The topological polar surface area (TPSA) is 119 Å². The molecule has 172 valence electrons. The van der Waals surface area contributed by atoms with Gasteiger partial charge < -0.3 is 14.4 Å². The lowest BCUT2D eigenvalue weighted by Crippen LogP contribution is -2.51. The Morgan fingerprint density at radius 3 is 2.25 bits per heavy atom. The van der Waals surface area contributed by atoms with Crippen molar-refractivity contribution in [2.45, 2.75) is 18.2 Å². The highest BCUT2D eigenvalue weighted by atomic mass is 32.2. The molecule has 2 aromatic carbocycles. The first-order valence-electron chi connectivity index (χ1n) is 10.2. The van der Waals surface area contributed by atoms with Gasteiger partial charge in [0.1, 0.15) is 11.5 Å². The summed E-state index contributed by atoms with van der Waals surface area (Å²) < 4.78 is 37.9. The normalized spacial score (nSPS) is 14.7. The maximum Gasteiger partial charge on any atom is 0.270 e. The molecule has 2 aromatic rings. The van der Waals surface area contributed by atoms with E-state index in [1.807, 2.05) is 6.92 Å². The minimum absolute atomic E-state index is 0.0975. The molecule has 0 saturated carbocycles. The van der Waals surface area contributed by atoms with E-state index in [1.165, 1.54) is 27.4 Å². The van der Waals surface area contributed by atoms with Gasteiger partial charge in [-0.25, -0.2) is 8.42 Å². The maximum absolute atomic E-state index is 12.8. The number of benzene rings is 2. The van der Waals surface area contributed by atoms with E-state index in [2.05, 4.69) is 0 Å². The molecule has 0 aliphatic carbocycles. The second-order valence-electron chi connectivity index (χ2n) is 7.15. The summed E-state index contributed by atoms with van der Waals surface area (Å²) in [6.07, 6.45) is 0.909. The number of rotatable bonds is 9. The summed E-state index contributed by atoms with van der Waals surface area (Å²) in [7, 11) is -3.89. The predicted molar refractivity (Wildman–Crippen MR) is 116 cm³/mol. The summed E-state index contributed by atoms with van der Waals surface area (Å²) in [5.74, 6) is 1.02. The third-order valence-corrected chi connectivity index (χ3v) is 6.81. The van der Waals surface area contributed by atoms with Crippen molar-refractivity contribution in [2.75, 3.05) is 39.4 Å². The summed E-state index contributed by atoms with van der Waals surface area (Å²) in [6, 6.07) is 11.9. The molecule has 0 bridgehead atoms. The van der Waals surface area contributed by atoms with Crippen molar-refractivity contribution in [3.05, 3.63) is 58.6 Å². The van der Waals surface area contributed by atoms with Gasteiger partial charge >= 0.3 is 0 Å². The van der Waals surface area contributed by atoms with E-state index in [-0.39, 0.29) is 49.3 Å². The molecule has 0 aromatic heterocycles. The van der Waals surface area contributed by atoms with E-state index in [9.17, 15) is 23.3 Å². The summed E-state index contributed by atoms with van der Waals surface area (Å²) in [5, 5.41) is 10.9. The molecule has 1 aliphatic rings. The Kier molecular flexibility index (Phi) is 7.65. The lowest BCUT2D eigenvalue weighted by atomic mass is 10.3. The van der Waals surface area contributed by atoms with Crippen molar-refractivity contribution in [3.8, 4) is 11.5 Å². The monoisotopic (exact) mass is 463 g/mol. The molecule has 1 heterocycles. The number of piperazine rings is 1. The fourth-order valence-corrected chi connectivity index (χ4v) is 4.64. The molecular weight excluding hydrogens is 438 g/mol. The number of carbonyl (C=O) groups is 1. The van der Waals surface area contributed by atoms with Crippen LogP contribution >= 0.6 is 0 Å². The van der Waals surface area contributed by atoms with Gasteiger partial charge in [-0.3, -0.25) is 14.9 Å². The fourth-order valence-electron chi connectivity index (χ4n) is 3.17. The number of hydrogen-bond donors (Lipinski definition) is 0. The van der Waals surface area contributed by atoms with Crippen molar-refractivity contribution in [1.29, 1.82) is 0 Å². The predicted octanol–water partition coefficient (Wildman–Crippen LogP) is 2.30. The van der Waals surface area contributed by atoms with E-state index >= 15 is 0 Å².